The molecule has 3 saturated heterocycles. The summed E-state index contributed by atoms with van der Waals surface area (Å²) in [6.45, 7) is 7.58. The van der Waals surface area contributed by atoms with Crippen LogP contribution in [0.3, 0.4) is 0 Å². The lowest BCUT2D eigenvalue weighted by molar-refractivity contribution is 0.0567. The van der Waals surface area contributed by atoms with Gasteiger partial charge in [-0.25, -0.2) is 0 Å². The zero-order valence-electron chi connectivity index (χ0n) is 17.6. The van der Waals surface area contributed by atoms with E-state index in [9.17, 15) is 4.79 Å². The second-order valence-corrected chi connectivity index (χ2v) is 8.03. The second kappa shape index (κ2) is 8.56. The van der Waals surface area contributed by atoms with Crippen molar-refractivity contribution in [1.29, 1.82) is 0 Å². The third-order valence-electron chi connectivity index (χ3n) is 6.25. The Balaban J connectivity index is 1.64. The maximum Gasteiger partial charge on any atom is 0.253 e. The van der Waals surface area contributed by atoms with Gasteiger partial charge in [-0.15, -0.1) is 0 Å². The van der Waals surface area contributed by atoms with Crippen LogP contribution in [0.15, 0.2) is 48.5 Å². The Hall–Kier alpha value is -2.37. The van der Waals surface area contributed by atoms with Gasteiger partial charge in [0.25, 0.3) is 5.91 Å². The number of nitrogens with zero attached hydrogens (tertiary/aromatic N) is 2. The first-order chi connectivity index (χ1) is 14.1. The SMILES string of the molecule is CCN(CC)C(=O)c1ccc(C(c2cccc(OC)c2)N2CC3CC(C2)N3)cc1. The van der Waals surface area contributed by atoms with E-state index in [1.807, 2.05) is 36.9 Å². The van der Waals surface area contributed by atoms with Crippen LogP contribution in [-0.4, -0.2) is 61.1 Å². The van der Waals surface area contributed by atoms with E-state index in [1.54, 1.807) is 7.11 Å². The number of carbonyl (C=O) groups is 1. The van der Waals surface area contributed by atoms with Crippen molar-refractivity contribution < 1.29 is 9.53 Å². The van der Waals surface area contributed by atoms with Crippen molar-refractivity contribution in [3.05, 3.63) is 65.2 Å². The number of carbonyl (C=O) groups excluding carboxylic acids is 1. The summed E-state index contributed by atoms with van der Waals surface area (Å²) in [7, 11) is 1.71. The Bertz CT molecular complexity index is 831. The predicted molar refractivity (Wildman–Crippen MR) is 115 cm³/mol. The number of piperazine rings is 1. The van der Waals surface area contributed by atoms with Gasteiger partial charge >= 0.3 is 0 Å². The van der Waals surface area contributed by atoms with Gasteiger partial charge in [-0.05, 0) is 55.7 Å². The number of amides is 1. The van der Waals surface area contributed by atoms with Crippen LogP contribution in [0.25, 0.3) is 0 Å². The molecule has 154 valence electrons. The van der Waals surface area contributed by atoms with Gasteiger partial charge in [0.1, 0.15) is 5.75 Å². The molecular weight excluding hydrogens is 362 g/mol. The summed E-state index contributed by atoms with van der Waals surface area (Å²) < 4.78 is 5.48. The molecule has 0 radical (unpaired) electrons. The van der Waals surface area contributed by atoms with E-state index < -0.39 is 0 Å². The number of ether oxygens (including phenoxy) is 1. The Morgan fingerprint density at radius 3 is 2.34 bits per heavy atom. The number of hydrogen-bond donors (Lipinski definition) is 1. The summed E-state index contributed by atoms with van der Waals surface area (Å²) in [6.07, 6.45) is 1.28. The first kappa shape index (κ1) is 19.9. The van der Waals surface area contributed by atoms with Gasteiger partial charge in [0.05, 0.1) is 13.2 Å². The first-order valence-electron chi connectivity index (χ1n) is 10.7. The van der Waals surface area contributed by atoms with E-state index in [0.29, 0.717) is 12.1 Å². The summed E-state index contributed by atoms with van der Waals surface area (Å²) in [5, 5.41) is 3.62. The van der Waals surface area contributed by atoms with Gasteiger partial charge in [0.15, 0.2) is 0 Å². The highest BCUT2D eigenvalue weighted by Gasteiger charge is 2.39. The summed E-state index contributed by atoms with van der Waals surface area (Å²) in [4.78, 5) is 17.1. The van der Waals surface area contributed by atoms with E-state index in [-0.39, 0.29) is 11.9 Å². The monoisotopic (exact) mass is 393 g/mol. The summed E-state index contributed by atoms with van der Waals surface area (Å²) in [5.74, 6) is 0.976. The highest BCUT2D eigenvalue weighted by atomic mass is 16.5. The van der Waals surface area contributed by atoms with Gasteiger partial charge in [-0.1, -0.05) is 24.3 Å². The van der Waals surface area contributed by atoms with Crippen molar-refractivity contribution in [3.63, 3.8) is 0 Å². The fourth-order valence-corrected chi connectivity index (χ4v) is 4.69. The van der Waals surface area contributed by atoms with Gasteiger partial charge in [0.2, 0.25) is 0 Å². The Kier molecular flexibility index (Phi) is 5.88. The van der Waals surface area contributed by atoms with E-state index in [2.05, 4.69) is 40.5 Å². The quantitative estimate of drug-likeness (QED) is 0.784. The van der Waals surface area contributed by atoms with Crippen LogP contribution in [0.2, 0.25) is 0 Å². The summed E-state index contributed by atoms with van der Waals surface area (Å²) in [5.41, 5.74) is 3.20. The molecule has 2 aromatic rings. The third kappa shape index (κ3) is 4.02. The maximum atomic E-state index is 12.7. The molecule has 2 aromatic carbocycles. The van der Waals surface area contributed by atoms with E-state index >= 15 is 0 Å². The van der Waals surface area contributed by atoms with Crippen molar-refractivity contribution in [2.75, 3.05) is 33.3 Å². The lowest BCUT2D eigenvalue weighted by Gasteiger charge is -2.51. The number of nitrogens with one attached hydrogen (secondary N) is 1. The maximum absolute atomic E-state index is 12.7. The van der Waals surface area contributed by atoms with Gasteiger partial charge in [-0.3, -0.25) is 9.69 Å². The Morgan fingerprint density at radius 2 is 1.76 bits per heavy atom. The molecule has 5 rings (SSSR count). The molecule has 3 heterocycles. The minimum Gasteiger partial charge on any atom is -0.497 e. The molecule has 29 heavy (non-hydrogen) atoms. The predicted octanol–water partition coefficient (Wildman–Crippen LogP) is 3.31. The van der Waals surface area contributed by atoms with Crippen LogP contribution in [0, 0.1) is 0 Å². The van der Waals surface area contributed by atoms with E-state index in [4.69, 9.17) is 4.74 Å². The van der Waals surface area contributed by atoms with Gasteiger partial charge < -0.3 is 15.0 Å². The molecule has 5 nitrogen and oxygen atoms in total. The molecule has 0 saturated carbocycles. The third-order valence-corrected chi connectivity index (χ3v) is 6.25. The zero-order chi connectivity index (χ0) is 20.4. The van der Waals surface area contributed by atoms with Crippen LogP contribution in [0.4, 0.5) is 0 Å². The first-order valence-corrected chi connectivity index (χ1v) is 10.7. The molecule has 3 atom stereocenters. The standard InChI is InChI=1S/C24H31N3O2/c1-4-26(5-2)24(28)18-11-9-17(10-12-18)23(19-7-6-8-22(13-19)29-3)27-15-20-14-21(16-27)25-20/h6-13,20-21,23,25H,4-5,14-16H2,1-3H3. The lowest BCUT2D eigenvalue weighted by Crippen LogP contribution is -2.67. The van der Waals surface area contributed by atoms with E-state index in [0.717, 1.165) is 37.5 Å². The summed E-state index contributed by atoms with van der Waals surface area (Å²) in [6, 6.07) is 17.9. The molecular formula is C24H31N3O2. The topological polar surface area (TPSA) is 44.8 Å². The van der Waals surface area contributed by atoms with Crippen LogP contribution in [-0.2, 0) is 0 Å². The van der Waals surface area contributed by atoms with Crippen molar-refractivity contribution in [3.8, 4) is 5.75 Å². The van der Waals surface area contributed by atoms with Crippen LogP contribution < -0.4 is 10.1 Å². The smallest absolute Gasteiger partial charge is 0.253 e. The zero-order valence-corrected chi connectivity index (χ0v) is 17.6. The highest BCUT2D eigenvalue weighted by Crippen LogP contribution is 2.35. The lowest BCUT2D eigenvalue weighted by atomic mass is 9.87. The number of piperidine rings is 1. The fourth-order valence-electron chi connectivity index (χ4n) is 4.69. The number of fused-ring (bicyclic) bond motifs is 2. The minimum atomic E-state index is 0.0999. The number of methoxy groups -OCH3 is 1. The summed E-state index contributed by atoms with van der Waals surface area (Å²) >= 11 is 0. The molecule has 2 bridgehead atoms. The van der Waals surface area contributed by atoms with Crippen LogP contribution >= 0.6 is 0 Å². The van der Waals surface area contributed by atoms with Crippen molar-refractivity contribution in [2.45, 2.75) is 38.4 Å². The molecule has 1 N–H and O–H groups in total. The molecule has 0 aromatic heterocycles. The average Bonchev–Trinajstić information content (AvgIpc) is 2.75. The van der Waals surface area contributed by atoms with Crippen LogP contribution in [0.5, 0.6) is 5.75 Å². The number of rotatable bonds is 7. The minimum absolute atomic E-state index is 0.0999. The number of benzene rings is 2. The molecule has 3 fully saturated rings. The van der Waals surface area contributed by atoms with Crippen molar-refractivity contribution >= 4 is 5.91 Å². The van der Waals surface area contributed by atoms with E-state index in [1.165, 1.54) is 17.5 Å². The largest absolute Gasteiger partial charge is 0.497 e. The Labute approximate surface area is 173 Å². The molecule has 3 unspecified atom stereocenters. The van der Waals surface area contributed by atoms with Crippen LogP contribution in [0.1, 0.15) is 47.8 Å². The molecule has 3 aliphatic heterocycles. The number of hydrogen-bond acceptors (Lipinski definition) is 4. The Morgan fingerprint density at radius 1 is 1.10 bits per heavy atom. The highest BCUT2D eigenvalue weighted by molar-refractivity contribution is 5.94. The molecule has 0 spiro atoms. The molecule has 1 amide bonds. The second-order valence-electron chi connectivity index (χ2n) is 8.03. The molecule has 5 heteroatoms. The van der Waals surface area contributed by atoms with Gasteiger partial charge in [-0.2, -0.15) is 0 Å². The molecule has 3 aliphatic rings. The normalized spacial score (nSPS) is 21.9. The van der Waals surface area contributed by atoms with Crippen molar-refractivity contribution in [2.24, 2.45) is 0 Å². The average molecular weight is 394 g/mol. The van der Waals surface area contributed by atoms with Gasteiger partial charge in [0, 0.05) is 43.8 Å². The van der Waals surface area contributed by atoms with Crippen molar-refractivity contribution in [1.82, 2.24) is 15.1 Å². The fraction of sp³-hybridized carbons (Fsp3) is 0.458. The molecule has 0 aliphatic carbocycles.